The molecule has 0 saturated heterocycles. The summed E-state index contributed by atoms with van der Waals surface area (Å²) >= 11 is 1.35. The Morgan fingerprint density at radius 3 is 3.06 bits per heavy atom. The number of aliphatic carboxylic acids is 1. The predicted octanol–water partition coefficient (Wildman–Crippen LogP) is 1.39. The molecule has 0 spiro atoms. The third-order valence-electron chi connectivity index (χ3n) is 1.97. The molecule has 2 N–H and O–H groups in total. The zero-order valence-corrected chi connectivity index (χ0v) is 8.98. The highest BCUT2D eigenvalue weighted by Crippen LogP contribution is 2.24. The molecule has 0 amide bonds. The summed E-state index contributed by atoms with van der Waals surface area (Å²) in [6.07, 6.45) is 0.140. The van der Waals surface area contributed by atoms with Gasteiger partial charge in [0.2, 0.25) is 0 Å². The number of carboxylic acid groups (broad SMARTS) is 1. The number of furan rings is 1. The molecule has 0 unspecified atom stereocenters. The standard InChI is InChI=1S/C10H9NO4S/c12-7(10(13)14)4-6-5-16-9(11-6)8-2-1-3-15-8/h1-3,5,7,12H,4H2,(H,13,14)/t7-/m0/s1. The second kappa shape index (κ2) is 4.46. The highest BCUT2D eigenvalue weighted by molar-refractivity contribution is 7.13. The number of hydrogen-bond donors (Lipinski definition) is 2. The van der Waals surface area contributed by atoms with E-state index in [4.69, 9.17) is 14.6 Å². The van der Waals surface area contributed by atoms with Gasteiger partial charge in [-0.3, -0.25) is 0 Å². The topological polar surface area (TPSA) is 83.6 Å². The van der Waals surface area contributed by atoms with E-state index < -0.39 is 12.1 Å². The number of rotatable bonds is 4. The van der Waals surface area contributed by atoms with Gasteiger partial charge in [-0.05, 0) is 12.1 Å². The van der Waals surface area contributed by atoms with E-state index in [1.807, 2.05) is 0 Å². The molecule has 2 rings (SSSR count). The highest BCUT2D eigenvalue weighted by Gasteiger charge is 2.16. The predicted molar refractivity (Wildman–Crippen MR) is 57.2 cm³/mol. The molecule has 0 aliphatic carbocycles. The van der Waals surface area contributed by atoms with Gasteiger partial charge in [0.05, 0.1) is 12.0 Å². The Labute approximate surface area is 95.0 Å². The van der Waals surface area contributed by atoms with Gasteiger partial charge in [0.25, 0.3) is 0 Å². The van der Waals surface area contributed by atoms with Crippen LogP contribution in [0.25, 0.3) is 10.8 Å². The fourth-order valence-electron chi connectivity index (χ4n) is 1.20. The maximum atomic E-state index is 10.4. The minimum Gasteiger partial charge on any atom is -0.479 e. The van der Waals surface area contributed by atoms with Crippen LogP contribution >= 0.6 is 11.3 Å². The summed E-state index contributed by atoms with van der Waals surface area (Å²) in [5.41, 5.74) is 0.548. The number of aliphatic hydroxyl groups is 1. The van der Waals surface area contributed by atoms with Gasteiger partial charge in [-0.15, -0.1) is 11.3 Å². The minimum atomic E-state index is -1.41. The number of aliphatic hydroxyl groups excluding tert-OH is 1. The van der Waals surface area contributed by atoms with Gasteiger partial charge >= 0.3 is 5.97 Å². The first-order chi connectivity index (χ1) is 7.66. The Bertz CT molecular complexity index is 477. The molecular formula is C10H9NO4S. The lowest BCUT2D eigenvalue weighted by molar-refractivity contribution is -0.146. The van der Waals surface area contributed by atoms with E-state index >= 15 is 0 Å². The third kappa shape index (κ3) is 2.29. The normalized spacial score (nSPS) is 12.6. The molecule has 0 bridgehead atoms. The molecule has 84 valence electrons. The lowest BCUT2D eigenvalue weighted by atomic mass is 10.2. The molecule has 0 radical (unpaired) electrons. The van der Waals surface area contributed by atoms with Crippen molar-refractivity contribution < 1.29 is 19.4 Å². The number of hydrogen-bond acceptors (Lipinski definition) is 5. The van der Waals surface area contributed by atoms with Crippen molar-refractivity contribution >= 4 is 17.3 Å². The van der Waals surface area contributed by atoms with Crippen LogP contribution in [0.3, 0.4) is 0 Å². The van der Waals surface area contributed by atoms with E-state index in [1.54, 1.807) is 23.8 Å². The molecule has 0 aromatic carbocycles. The molecule has 0 fully saturated rings. The van der Waals surface area contributed by atoms with E-state index in [-0.39, 0.29) is 6.42 Å². The minimum absolute atomic E-state index is 0.00649. The Hall–Kier alpha value is -1.66. The molecule has 0 saturated carbocycles. The second-order valence-electron chi connectivity index (χ2n) is 3.18. The zero-order chi connectivity index (χ0) is 11.5. The zero-order valence-electron chi connectivity index (χ0n) is 8.16. The van der Waals surface area contributed by atoms with Crippen LogP contribution in [0, 0.1) is 0 Å². The van der Waals surface area contributed by atoms with Crippen molar-refractivity contribution in [3.05, 3.63) is 29.5 Å². The maximum absolute atomic E-state index is 10.4. The van der Waals surface area contributed by atoms with Crippen LogP contribution < -0.4 is 0 Å². The Balaban J connectivity index is 2.11. The number of carbonyl (C=O) groups is 1. The highest BCUT2D eigenvalue weighted by atomic mass is 32.1. The van der Waals surface area contributed by atoms with Crippen molar-refractivity contribution in [3.8, 4) is 10.8 Å². The number of nitrogens with zero attached hydrogens (tertiary/aromatic N) is 1. The van der Waals surface area contributed by atoms with Crippen LogP contribution in [-0.2, 0) is 11.2 Å². The first-order valence-electron chi connectivity index (χ1n) is 4.56. The summed E-state index contributed by atoms with van der Waals surface area (Å²) in [5.74, 6) is -0.603. The Morgan fingerprint density at radius 2 is 2.44 bits per heavy atom. The van der Waals surface area contributed by atoms with E-state index in [2.05, 4.69) is 4.98 Å². The second-order valence-corrected chi connectivity index (χ2v) is 4.04. The summed E-state index contributed by atoms with van der Waals surface area (Å²) in [5, 5.41) is 20.1. The van der Waals surface area contributed by atoms with Gasteiger partial charge in [0, 0.05) is 11.8 Å². The first-order valence-corrected chi connectivity index (χ1v) is 5.44. The molecule has 0 aliphatic heterocycles. The average molecular weight is 239 g/mol. The molecular weight excluding hydrogens is 230 g/mol. The number of carboxylic acids is 1. The van der Waals surface area contributed by atoms with Gasteiger partial charge in [-0.25, -0.2) is 9.78 Å². The van der Waals surface area contributed by atoms with Crippen molar-refractivity contribution in [2.75, 3.05) is 0 Å². The molecule has 2 aromatic rings. The molecule has 0 aliphatic rings. The van der Waals surface area contributed by atoms with Gasteiger partial charge in [0.15, 0.2) is 16.9 Å². The Kier molecular flexibility index (Phi) is 3.02. The monoisotopic (exact) mass is 239 g/mol. The smallest absolute Gasteiger partial charge is 0.332 e. The SMILES string of the molecule is O=C(O)[C@@H](O)Cc1csc(-c2ccco2)n1. The van der Waals surface area contributed by atoms with E-state index in [0.717, 1.165) is 0 Å². The van der Waals surface area contributed by atoms with Crippen LogP contribution in [-0.4, -0.2) is 27.3 Å². The van der Waals surface area contributed by atoms with Crippen molar-refractivity contribution in [1.29, 1.82) is 0 Å². The van der Waals surface area contributed by atoms with Crippen LogP contribution in [0.2, 0.25) is 0 Å². The summed E-state index contributed by atoms with van der Waals surface area (Å²) in [6, 6.07) is 3.53. The van der Waals surface area contributed by atoms with Crippen molar-refractivity contribution in [1.82, 2.24) is 4.98 Å². The molecule has 5 nitrogen and oxygen atoms in total. The van der Waals surface area contributed by atoms with Gasteiger partial charge in [-0.2, -0.15) is 0 Å². The third-order valence-corrected chi connectivity index (χ3v) is 2.88. The summed E-state index contributed by atoms with van der Waals surface area (Å²) in [7, 11) is 0. The van der Waals surface area contributed by atoms with E-state index in [9.17, 15) is 4.79 Å². The molecule has 1 atom stereocenters. The number of thiazole rings is 1. The summed E-state index contributed by atoms with van der Waals surface area (Å²) in [4.78, 5) is 14.6. The quantitative estimate of drug-likeness (QED) is 0.842. The average Bonchev–Trinajstić information content (AvgIpc) is 2.85. The van der Waals surface area contributed by atoms with Gasteiger partial charge in [-0.1, -0.05) is 0 Å². The first kappa shape index (κ1) is 10.8. The van der Waals surface area contributed by atoms with Crippen molar-refractivity contribution in [3.63, 3.8) is 0 Å². The molecule has 2 heterocycles. The lowest BCUT2D eigenvalue weighted by Crippen LogP contribution is -2.22. The lowest BCUT2D eigenvalue weighted by Gasteiger charge is -2.00. The van der Waals surface area contributed by atoms with E-state index in [1.165, 1.54) is 11.3 Å². The molecule has 16 heavy (non-hydrogen) atoms. The van der Waals surface area contributed by atoms with Crippen LogP contribution in [0.15, 0.2) is 28.2 Å². The molecule has 2 aromatic heterocycles. The van der Waals surface area contributed by atoms with E-state index in [0.29, 0.717) is 16.5 Å². The largest absolute Gasteiger partial charge is 0.479 e. The van der Waals surface area contributed by atoms with Crippen molar-refractivity contribution in [2.24, 2.45) is 0 Å². The maximum Gasteiger partial charge on any atom is 0.332 e. The van der Waals surface area contributed by atoms with Gasteiger partial charge in [0.1, 0.15) is 0 Å². The summed E-state index contributed by atoms with van der Waals surface area (Å²) in [6.45, 7) is 0. The van der Waals surface area contributed by atoms with Crippen LogP contribution in [0.1, 0.15) is 5.69 Å². The Morgan fingerprint density at radius 1 is 1.62 bits per heavy atom. The summed E-state index contributed by atoms with van der Waals surface area (Å²) < 4.78 is 5.15. The van der Waals surface area contributed by atoms with Crippen molar-refractivity contribution in [2.45, 2.75) is 12.5 Å². The van der Waals surface area contributed by atoms with Crippen LogP contribution in [0.5, 0.6) is 0 Å². The fourth-order valence-corrected chi connectivity index (χ4v) is 2.00. The number of aromatic nitrogens is 1. The van der Waals surface area contributed by atoms with Gasteiger partial charge < -0.3 is 14.6 Å². The molecule has 6 heteroatoms. The fraction of sp³-hybridized carbons (Fsp3) is 0.200. The van der Waals surface area contributed by atoms with Crippen LogP contribution in [0.4, 0.5) is 0 Å².